The van der Waals surface area contributed by atoms with Crippen molar-refractivity contribution in [3.63, 3.8) is 0 Å². The molecule has 1 fully saturated rings. The van der Waals surface area contributed by atoms with Crippen molar-refractivity contribution in [2.75, 3.05) is 0 Å². The first-order valence-corrected chi connectivity index (χ1v) is 10.8. The van der Waals surface area contributed by atoms with Crippen LogP contribution in [0.2, 0.25) is 0 Å². The summed E-state index contributed by atoms with van der Waals surface area (Å²) in [7, 11) is -3.66. The van der Waals surface area contributed by atoms with Gasteiger partial charge < -0.3 is 0 Å². The molecular weight excluding hydrogens is 334 g/mol. The molecule has 6 heteroatoms. The number of nitrogens with zero attached hydrogens (tertiary/aromatic N) is 2. The van der Waals surface area contributed by atoms with Crippen LogP contribution in [0.15, 0.2) is 29.2 Å². The molecule has 5 nitrogen and oxygen atoms in total. The molecule has 2 aromatic rings. The summed E-state index contributed by atoms with van der Waals surface area (Å²) in [5.74, 6) is 0.588. The van der Waals surface area contributed by atoms with E-state index in [2.05, 4.69) is 0 Å². The minimum absolute atomic E-state index is 0.143. The van der Waals surface area contributed by atoms with E-state index in [1.54, 1.807) is 12.1 Å². The molecule has 0 unspecified atom stereocenters. The zero-order chi connectivity index (χ0) is 17.4. The van der Waals surface area contributed by atoms with Gasteiger partial charge in [0.25, 0.3) is 0 Å². The van der Waals surface area contributed by atoms with Crippen LogP contribution in [0, 0.1) is 0 Å². The molecule has 0 aliphatic heterocycles. The monoisotopic (exact) mass is 359 g/mol. The number of sulfonamides is 1. The standard InChI is InChI=1S/C19H25N3O2S/c20-25(23,24)16-12-10-15(11-13-16)22-18-9-5-4-8-17(18)19(21-22)14-6-2-1-3-7-14/h10-14H,1-9H2,(H2,20,23,24). The highest BCUT2D eigenvalue weighted by atomic mass is 32.2. The van der Waals surface area contributed by atoms with Gasteiger partial charge in [-0.3, -0.25) is 0 Å². The molecule has 1 saturated carbocycles. The molecule has 1 aromatic heterocycles. The highest BCUT2D eigenvalue weighted by molar-refractivity contribution is 7.89. The Bertz CT molecular complexity index is 863. The van der Waals surface area contributed by atoms with Gasteiger partial charge in [-0.05, 0) is 68.4 Å². The maximum Gasteiger partial charge on any atom is 0.238 e. The average Bonchev–Trinajstić information content (AvgIpc) is 3.02. The van der Waals surface area contributed by atoms with Gasteiger partial charge >= 0.3 is 0 Å². The van der Waals surface area contributed by atoms with Gasteiger partial charge in [0.15, 0.2) is 0 Å². The van der Waals surface area contributed by atoms with Gasteiger partial charge in [0.05, 0.1) is 16.3 Å². The van der Waals surface area contributed by atoms with Gasteiger partial charge in [0, 0.05) is 11.6 Å². The number of rotatable bonds is 3. The molecule has 4 rings (SSSR count). The second kappa shape index (κ2) is 6.57. The third-order valence-corrected chi connectivity index (χ3v) is 6.54. The predicted octanol–water partition coefficient (Wildman–Crippen LogP) is 3.45. The fourth-order valence-electron chi connectivity index (χ4n) is 4.32. The second-order valence-electron chi connectivity index (χ2n) is 7.30. The van der Waals surface area contributed by atoms with Crippen LogP contribution in [0.25, 0.3) is 5.69 Å². The Hall–Kier alpha value is -1.66. The quantitative estimate of drug-likeness (QED) is 0.912. The maximum absolute atomic E-state index is 11.5. The van der Waals surface area contributed by atoms with Gasteiger partial charge in [-0.25, -0.2) is 18.2 Å². The van der Waals surface area contributed by atoms with E-state index < -0.39 is 10.0 Å². The van der Waals surface area contributed by atoms with Crippen molar-refractivity contribution >= 4 is 10.0 Å². The normalized spacial score (nSPS) is 18.9. The summed E-state index contributed by atoms with van der Waals surface area (Å²) in [6, 6.07) is 6.77. The van der Waals surface area contributed by atoms with Crippen molar-refractivity contribution in [3.05, 3.63) is 41.2 Å². The lowest BCUT2D eigenvalue weighted by Crippen LogP contribution is -2.12. The number of benzene rings is 1. The molecule has 0 spiro atoms. The van der Waals surface area contributed by atoms with E-state index in [9.17, 15) is 8.42 Å². The molecule has 0 radical (unpaired) electrons. The summed E-state index contributed by atoms with van der Waals surface area (Å²) in [4.78, 5) is 0.143. The van der Waals surface area contributed by atoms with Crippen LogP contribution in [0.3, 0.4) is 0 Å². The van der Waals surface area contributed by atoms with Crippen LogP contribution in [-0.2, 0) is 22.9 Å². The van der Waals surface area contributed by atoms with Crippen molar-refractivity contribution in [3.8, 4) is 5.69 Å². The van der Waals surface area contributed by atoms with E-state index in [1.807, 2.05) is 16.8 Å². The fraction of sp³-hybridized carbons (Fsp3) is 0.526. The summed E-state index contributed by atoms with van der Waals surface area (Å²) >= 11 is 0. The number of fused-ring (bicyclic) bond motifs is 1. The molecule has 2 aliphatic rings. The van der Waals surface area contributed by atoms with Crippen molar-refractivity contribution in [1.29, 1.82) is 0 Å². The molecule has 1 aromatic carbocycles. The van der Waals surface area contributed by atoms with Crippen LogP contribution in [0.5, 0.6) is 0 Å². The molecular formula is C19H25N3O2S. The Labute approximate surface area is 149 Å². The third kappa shape index (κ3) is 3.25. The minimum atomic E-state index is -3.66. The van der Waals surface area contributed by atoms with Gasteiger partial charge in [0.2, 0.25) is 10.0 Å². The van der Waals surface area contributed by atoms with Crippen LogP contribution >= 0.6 is 0 Å². The van der Waals surface area contributed by atoms with Crippen molar-refractivity contribution < 1.29 is 8.42 Å². The van der Waals surface area contributed by atoms with E-state index in [4.69, 9.17) is 10.2 Å². The molecule has 0 atom stereocenters. The first-order valence-electron chi connectivity index (χ1n) is 9.28. The second-order valence-corrected chi connectivity index (χ2v) is 8.86. The molecule has 2 aliphatic carbocycles. The van der Waals surface area contributed by atoms with Crippen LogP contribution < -0.4 is 5.14 Å². The summed E-state index contributed by atoms with van der Waals surface area (Å²) in [5, 5.41) is 10.2. The van der Waals surface area contributed by atoms with Gasteiger partial charge in [-0.1, -0.05) is 19.3 Å². The summed E-state index contributed by atoms with van der Waals surface area (Å²) in [6.07, 6.45) is 11.0. The highest BCUT2D eigenvalue weighted by Gasteiger charge is 2.27. The molecule has 1 heterocycles. The number of nitrogens with two attached hydrogens (primary N) is 1. The number of hydrogen-bond donors (Lipinski definition) is 1. The van der Waals surface area contributed by atoms with Crippen molar-refractivity contribution in [1.82, 2.24) is 9.78 Å². The molecule has 25 heavy (non-hydrogen) atoms. The SMILES string of the molecule is NS(=O)(=O)c1ccc(-n2nc(C3CCCCC3)c3c2CCCC3)cc1. The molecule has 0 bridgehead atoms. The molecule has 0 amide bonds. The molecule has 134 valence electrons. The van der Waals surface area contributed by atoms with Gasteiger partial charge in [-0.15, -0.1) is 0 Å². The smallest absolute Gasteiger partial charge is 0.237 e. The highest BCUT2D eigenvalue weighted by Crippen LogP contribution is 2.37. The first-order chi connectivity index (χ1) is 12.0. The van der Waals surface area contributed by atoms with Crippen LogP contribution in [0.1, 0.15) is 67.8 Å². The fourth-order valence-corrected chi connectivity index (χ4v) is 4.84. The Kier molecular flexibility index (Phi) is 4.41. The zero-order valence-corrected chi connectivity index (χ0v) is 15.3. The minimum Gasteiger partial charge on any atom is -0.237 e. The Balaban J connectivity index is 1.75. The number of hydrogen-bond acceptors (Lipinski definition) is 3. The lowest BCUT2D eigenvalue weighted by Gasteiger charge is -2.22. The number of primary sulfonamides is 1. The molecule has 2 N–H and O–H groups in total. The summed E-state index contributed by atoms with van der Waals surface area (Å²) < 4.78 is 25.0. The Morgan fingerprint density at radius 2 is 1.64 bits per heavy atom. The predicted molar refractivity (Wildman–Crippen MR) is 97.4 cm³/mol. The lowest BCUT2D eigenvalue weighted by atomic mass is 9.83. The lowest BCUT2D eigenvalue weighted by molar-refractivity contribution is 0.432. The van der Waals surface area contributed by atoms with Crippen molar-refractivity contribution in [2.45, 2.75) is 68.6 Å². The van der Waals surface area contributed by atoms with E-state index >= 15 is 0 Å². The van der Waals surface area contributed by atoms with Crippen LogP contribution in [-0.4, -0.2) is 18.2 Å². The largest absolute Gasteiger partial charge is 0.238 e. The third-order valence-electron chi connectivity index (χ3n) is 5.61. The molecule has 0 saturated heterocycles. The van der Waals surface area contributed by atoms with Crippen molar-refractivity contribution in [2.24, 2.45) is 5.14 Å². The van der Waals surface area contributed by atoms with Crippen LogP contribution in [0.4, 0.5) is 0 Å². The summed E-state index contributed by atoms with van der Waals surface area (Å²) in [5.41, 5.74) is 4.99. The summed E-state index contributed by atoms with van der Waals surface area (Å²) in [6.45, 7) is 0. The van der Waals surface area contributed by atoms with E-state index in [-0.39, 0.29) is 4.90 Å². The first kappa shape index (κ1) is 16.8. The van der Waals surface area contributed by atoms with E-state index in [0.29, 0.717) is 5.92 Å². The topological polar surface area (TPSA) is 78.0 Å². The Morgan fingerprint density at radius 1 is 0.960 bits per heavy atom. The van der Waals surface area contributed by atoms with E-state index in [1.165, 1.54) is 61.9 Å². The average molecular weight is 359 g/mol. The Morgan fingerprint density at radius 3 is 2.32 bits per heavy atom. The van der Waals surface area contributed by atoms with Gasteiger partial charge in [-0.2, -0.15) is 5.10 Å². The van der Waals surface area contributed by atoms with Gasteiger partial charge in [0.1, 0.15) is 0 Å². The maximum atomic E-state index is 11.5. The number of aromatic nitrogens is 2. The zero-order valence-electron chi connectivity index (χ0n) is 14.4. The van der Waals surface area contributed by atoms with E-state index in [0.717, 1.165) is 18.5 Å².